The smallest absolute Gasteiger partial charge is 0.296 e. The lowest BCUT2D eigenvalue weighted by Gasteiger charge is -2.07. The van der Waals surface area contributed by atoms with Crippen molar-refractivity contribution >= 4 is 35.7 Å². The third kappa shape index (κ3) is 2.96. The second kappa shape index (κ2) is 5.56. The number of hydrogen-bond donors (Lipinski definition) is 0. The molecule has 0 fully saturated rings. The fourth-order valence-electron chi connectivity index (χ4n) is 1.62. The first kappa shape index (κ1) is 14.4. The first-order chi connectivity index (χ1) is 8.95. The Balaban J connectivity index is 2.66. The number of hydrogen-bond acceptors (Lipinski definition) is 5. The Bertz CT molecular complexity index is 701. The van der Waals surface area contributed by atoms with E-state index in [1.165, 1.54) is 4.57 Å². The van der Waals surface area contributed by atoms with Crippen molar-refractivity contribution in [3.05, 3.63) is 22.8 Å². The van der Waals surface area contributed by atoms with Crippen molar-refractivity contribution in [2.24, 2.45) is 0 Å². The second-order valence-electron chi connectivity index (χ2n) is 3.73. The lowest BCUT2D eigenvalue weighted by atomic mass is 10.3. The molecule has 9 heteroatoms. The van der Waals surface area contributed by atoms with Crippen LogP contribution < -0.4 is 0 Å². The van der Waals surface area contributed by atoms with E-state index in [1.54, 1.807) is 18.3 Å². The van der Waals surface area contributed by atoms with Crippen molar-refractivity contribution in [1.29, 1.82) is 0 Å². The van der Waals surface area contributed by atoms with E-state index in [0.717, 1.165) is 6.42 Å². The molecule has 0 radical (unpaired) electrons. The summed E-state index contributed by atoms with van der Waals surface area (Å²) in [4.78, 5) is 4.18. The van der Waals surface area contributed by atoms with Crippen LogP contribution >= 0.6 is 26.6 Å². The van der Waals surface area contributed by atoms with Crippen LogP contribution in [0, 0.1) is 0 Å². The van der Waals surface area contributed by atoms with Crippen molar-refractivity contribution in [3.8, 4) is 11.5 Å². The average molecular weight is 366 g/mol. The molecule has 0 aliphatic carbocycles. The zero-order valence-corrected chi connectivity index (χ0v) is 13.1. The molecule has 0 amide bonds. The largest absolute Gasteiger partial charge is 0.296 e. The molecular formula is C10H10BrClN4O2S. The molecule has 0 N–H and O–H groups in total. The minimum atomic E-state index is -3.94. The van der Waals surface area contributed by atoms with Crippen LogP contribution in [0.2, 0.25) is 0 Å². The van der Waals surface area contributed by atoms with Crippen LogP contribution in [-0.4, -0.2) is 28.2 Å². The predicted molar refractivity (Wildman–Crippen MR) is 74.3 cm³/mol. The van der Waals surface area contributed by atoms with Crippen LogP contribution in [0.5, 0.6) is 0 Å². The van der Waals surface area contributed by atoms with Crippen LogP contribution in [0.15, 0.2) is 28.0 Å². The summed E-state index contributed by atoms with van der Waals surface area (Å²) in [6, 6.07) is 3.55. The average Bonchev–Trinajstić information content (AvgIpc) is 2.74. The Kier molecular flexibility index (Phi) is 4.22. The SMILES string of the molecule is CCCn1c(-c2ncccc2Br)nnc1S(=O)(=O)Cl. The maximum atomic E-state index is 11.5. The molecule has 0 saturated carbocycles. The van der Waals surface area contributed by atoms with Crippen LogP contribution in [0.3, 0.4) is 0 Å². The van der Waals surface area contributed by atoms with E-state index in [4.69, 9.17) is 10.7 Å². The standard InChI is InChI=1S/C10H10BrClN4O2S/c1-2-6-16-9(8-7(11)4-3-5-13-8)14-15-10(16)19(12,17)18/h3-5H,2,6H2,1H3. The van der Waals surface area contributed by atoms with Gasteiger partial charge in [-0.1, -0.05) is 6.92 Å². The summed E-state index contributed by atoms with van der Waals surface area (Å²) in [5.74, 6) is 0.369. The van der Waals surface area contributed by atoms with E-state index in [0.29, 0.717) is 22.5 Å². The zero-order valence-electron chi connectivity index (χ0n) is 9.92. The number of halogens is 2. The van der Waals surface area contributed by atoms with Crippen LogP contribution in [0.25, 0.3) is 11.5 Å². The highest BCUT2D eigenvalue weighted by molar-refractivity contribution is 9.10. The number of rotatable bonds is 4. The van der Waals surface area contributed by atoms with Gasteiger partial charge in [-0.15, -0.1) is 10.2 Å². The van der Waals surface area contributed by atoms with Gasteiger partial charge in [-0.25, -0.2) is 8.42 Å². The van der Waals surface area contributed by atoms with Crippen LogP contribution in [-0.2, 0) is 15.6 Å². The first-order valence-corrected chi connectivity index (χ1v) is 8.54. The molecule has 0 unspecified atom stereocenters. The summed E-state index contributed by atoms with van der Waals surface area (Å²) < 4.78 is 25.1. The Morgan fingerprint density at radius 3 is 2.74 bits per heavy atom. The Hall–Kier alpha value is -0.990. The highest BCUT2D eigenvalue weighted by atomic mass is 79.9. The molecule has 0 aliphatic rings. The van der Waals surface area contributed by atoms with Crippen molar-refractivity contribution in [2.45, 2.75) is 25.0 Å². The molecule has 0 bridgehead atoms. The topological polar surface area (TPSA) is 77.7 Å². The fourth-order valence-corrected chi connectivity index (χ4v) is 2.97. The maximum Gasteiger partial charge on any atom is 0.296 e. The lowest BCUT2D eigenvalue weighted by molar-refractivity contribution is 0.569. The van der Waals surface area contributed by atoms with Crippen molar-refractivity contribution in [2.75, 3.05) is 0 Å². The molecule has 0 saturated heterocycles. The molecule has 2 aromatic rings. The summed E-state index contributed by atoms with van der Waals surface area (Å²) in [5, 5.41) is 7.28. The summed E-state index contributed by atoms with van der Waals surface area (Å²) in [6.07, 6.45) is 2.31. The van der Waals surface area contributed by atoms with E-state index in [1.807, 2.05) is 6.92 Å². The second-order valence-corrected chi connectivity index (χ2v) is 7.04. The summed E-state index contributed by atoms with van der Waals surface area (Å²) in [7, 11) is 1.42. The van der Waals surface area contributed by atoms with Gasteiger partial charge in [0.15, 0.2) is 5.82 Å². The molecule has 2 rings (SSSR count). The maximum absolute atomic E-state index is 11.5. The molecule has 0 aliphatic heterocycles. The van der Waals surface area contributed by atoms with Gasteiger partial charge in [0.05, 0.1) is 0 Å². The van der Waals surface area contributed by atoms with Gasteiger partial charge >= 0.3 is 0 Å². The molecule has 102 valence electrons. The van der Waals surface area contributed by atoms with Gasteiger partial charge in [-0.05, 0) is 34.5 Å². The van der Waals surface area contributed by atoms with Gasteiger partial charge in [0.1, 0.15) is 5.69 Å². The Labute approximate surface area is 123 Å². The van der Waals surface area contributed by atoms with E-state index in [9.17, 15) is 8.42 Å². The molecule has 2 aromatic heterocycles. The summed E-state index contributed by atoms with van der Waals surface area (Å²) in [6.45, 7) is 2.36. The number of aromatic nitrogens is 4. The Morgan fingerprint density at radius 2 is 2.16 bits per heavy atom. The van der Waals surface area contributed by atoms with Crippen molar-refractivity contribution in [1.82, 2.24) is 19.7 Å². The van der Waals surface area contributed by atoms with Crippen LogP contribution in [0.1, 0.15) is 13.3 Å². The number of pyridine rings is 1. The molecule has 19 heavy (non-hydrogen) atoms. The van der Waals surface area contributed by atoms with Gasteiger partial charge in [0.2, 0.25) is 0 Å². The normalized spacial score (nSPS) is 11.7. The highest BCUT2D eigenvalue weighted by Gasteiger charge is 2.24. The molecule has 0 aromatic carbocycles. The van der Waals surface area contributed by atoms with E-state index in [2.05, 4.69) is 31.1 Å². The predicted octanol–water partition coefficient (Wildman–Crippen LogP) is 2.44. The van der Waals surface area contributed by atoms with Crippen molar-refractivity contribution in [3.63, 3.8) is 0 Å². The van der Waals surface area contributed by atoms with Crippen molar-refractivity contribution < 1.29 is 8.42 Å². The monoisotopic (exact) mass is 364 g/mol. The minimum Gasteiger partial charge on any atom is -0.296 e. The van der Waals surface area contributed by atoms with Gasteiger partial charge in [-0.3, -0.25) is 9.55 Å². The third-order valence-corrected chi connectivity index (χ3v) is 4.14. The summed E-state index contributed by atoms with van der Waals surface area (Å²) >= 11 is 3.35. The molecule has 2 heterocycles. The van der Waals surface area contributed by atoms with Crippen LogP contribution in [0.4, 0.5) is 0 Å². The van der Waals surface area contributed by atoms with E-state index in [-0.39, 0.29) is 5.16 Å². The summed E-state index contributed by atoms with van der Waals surface area (Å²) in [5.41, 5.74) is 0.523. The molecular weight excluding hydrogens is 356 g/mol. The third-order valence-electron chi connectivity index (χ3n) is 2.35. The van der Waals surface area contributed by atoms with Gasteiger partial charge < -0.3 is 0 Å². The van der Waals surface area contributed by atoms with Gasteiger partial charge in [-0.2, -0.15) is 0 Å². The molecule has 0 atom stereocenters. The quantitative estimate of drug-likeness (QED) is 0.778. The fraction of sp³-hybridized carbons (Fsp3) is 0.300. The lowest BCUT2D eigenvalue weighted by Crippen LogP contribution is -2.08. The van der Waals surface area contributed by atoms with E-state index >= 15 is 0 Å². The highest BCUT2D eigenvalue weighted by Crippen LogP contribution is 2.26. The number of nitrogens with zero attached hydrogens (tertiary/aromatic N) is 4. The first-order valence-electron chi connectivity index (χ1n) is 5.44. The molecule has 0 spiro atoms. The molecule has 6 nitrogen and oxygen atoms in total. The van der Waals surface area contributed by atoms with Gasteiger partial charge in [0.25, 0.3) is 14.2 Å². The van der Waals surface area contributed by atoms with Gasteiger partial charge in [0, 0.05) is 27.9 Å². The zero-order chi connectivity index (χ0) is 14.0. The minimum absolute atomic E-state index is 0.261. The van der Waals surface area contributed by atoms with E-state index < -0.39 is 9.05 Å². The Morgan fingerprint density at radius 1 is 1.42 bits per heavy atom.